The zero-order valence-corrected chi connectivity index (χ0v) is 12.1. The molecule has 1 aromatic rings. The number of benzene rings is 1. The summed E-state index contributed by atoms with van der Waals surface area (Å²) in [5, 5.41) is 11.2. The second-order valence-electron chi connectivity index (χ2n) is 4.93. The number of ether oxygens (including phenoxy) is 1. The lowest BCUT2D eigenvalue weighted by molar-refractivity contribution is -0.142. The zero-order valence-electron chi connectivity index (χ0n) is 11.3. The van der Waals surface area contributed by atoms with E-state index in [1.807, 2.05) is 0 Å². The van der Waals surface area contributed by atoms with Gasteiger partial charge in [0.1, 0.15) is 11.9 Å². The van der Waals surface area contributed by atoms with E-state index in [-0.39, 0.29) is 5.02 Å². The van der Waals surface area contributed by atoms with Crippen molar-refractivity contribution in [2.24, 2.45) is 5.92 Å². The van der Waals surface area contributed by atoms with Crippen molar-refractivity contribution in [2.45, 2.75) is 25.5 Å². The van der Waals surface area contributed by atoms with E-state index in [0.717, 1.165) is 0 Å². The molecule has 0 radical (unpaired) electrons. The Morgan fingerprint density at radius 1 is 1.52 bits per heavy atom. The molecule has 1 heterocycles. The molecule has 0 spiro atoms. The summed E-state index contributed by atoms with van der Waals surface area (Å²) in [6, 6.07) is 3.25. The molecule has 1 aromatic carbocycles. The Labute approximate surface area is 126 Å². The topological polar surface area (TPSA) is 75.6 Å². The van der Waals surface area contributed by atoms with Crippen LogP contribution in [0.15, 0.2) is 18.2 Å². The van der Waals surface area contributed by atoms with E-state index in [4.69, 9.17) is 21.4 Å². The minimum atomic E-state index is -1.11. The Morgan fingerprint density at radius 3 is 2.86 bits per heavy atom. The van der Waals surface area contributed by atoms with E-state index < -0.39 is 35.8 Å². The number of rotatable bonds is 4. The van der Waals surface area contributed by atoms with Gasteiger partial charge in [0, 0.05) is 6.61 Å². The first-order valence-corrected chi connectivity index (χ1v) is 6.87. The molecule has 0 aliphatic carbocycles. The van der Waals surface area contributed by atoms with Gasteiger partial charge < -0.3 is 15.2 Å². The maximum Gasteiger partial charge on any atom is 0.325 e. The van der Waals surface area contributed by atoms with Gasteiger partial charge in [0.15, 0.2) is 0 Å². The number of amides is 1. The van der Waals surface area contributed by atoms with Crippen molar-refractivity contribution in [1.29, 1.82) is 0 Å². The van der Waals surface area contributed by atoms with E-state index in [0.29, 0.717) is 18.6 Å². The predicted octanol–water partition coefficient (Wildman–Crippen LogP) is 2.15. The highest BCUT2D eigenvalue weighted by atomic mass is 35.5. The lowest BCUT2D eigenvalue weighted by atomic mass is 9.94. The van der Waals surface area contributed by atoms with Crippen LogP contribution >= 0.6 is 11.6 Å². The normalized spacial score (nSPS) is 22.8. The summed E-state index contributed by atoms with van der Waals surface area (Å²) in [5.74, 6) is -2.66. The summed E-state index contributed by atoms with van der Waals surface area (Å²) < 4.78 is 19.0. The third-order valence-corrected chi connectivity index (χ3v) is 3.74. The summed E-state index contributed by atoms with van der Waals surface area (Å²) in [4.78, 5) is 22.9. The van der Waals surface area contributed by atoms with Gasteiger partial charge in [-0.05, 0) is 31.0 Å². The molecule has 5 nitrogen and oxygen atoms in total. The van der Waals surface area contributed by atoms with Gasteiger partial charge in [0.25, 0.3) is 0 Å². The second-order valence-corrected chi connectivity index (χ2v) is 5.34. The average Bonchev–Trinajstić information content (AvgIpc) is 2.91. The maximum absolute atomic E-state index is 13.5. The molecule has 1 aliphatic rings. The third-order valence-electron chi connectivity index (χ3n) is 3.43. The quantitative estimate of drug-likeness (QED) is 0.892. The van der Waals surface area contributed by atoms with E-state index in [2.05, 4.69) is 5.32 Å². The average molecular weight is 316 g/mol. The van der Waals surface area contributed by atoms with Crippen molar-refractivity contribution in [2.75, 3.05) is 6.61 Å². The maximum atomic E-state index is 13.5. The lowest BCUT2D eigenvalue weighted by Gasteiger charge is -2.20. The van der Waals surface area contributed by atoms with Crippen LogP contribution in [0.3, 0.4) is 0 Å². The number of aliphatic carboxylic acids is 1. The summed E-state index contributed by atoms with van der Waals surface area (Å²) >= 11 is 5.63. The SMILES string of the molecule is C[C@@H](NC(=O)[C@@H]1CCO[C@H]1c1ccc(Cl)c(F)c1)C(=O)O. The molecular formula is C14H15ClFNO4. The summed E-state index contributed by atoms with van der Waals surface area (Å²) in [6.07, 6.45) is -0.148. The van der Waals surface area contributed by atoms with E-state index in [1.54, 1.807) is 6.07 Å². The van der Waals surface area contributed by atoms with Crippen LogP contribution in [0.5, 0.6) is 0 Å². The summed E-state index contributed by atoms with van der Waals surface area (Å²) in [6.45, 7) is 1.74. The molecular weight excluding hydrogens is 301 g/mol. The highest BCUT2D eigenvalue weighted by molar-refractivity contribution is 6.30. The number of carboxylic acids is 1. The van der Waals surface area contributed by atoms with Crippen molar-refractivity contribution < 1.29 is 23.8 Å². The Kier molecular flexibility index (Phi) is 4.80. The van der Waals surface area contributed by atoms with Crippen LogP contribution in [0.2, 0.25) is 5.02 Å². The van der Waals surface area contributed by atoms with Gasteiger partial charge in [-0.3, -0.25) is 9.59 Å². The number of carbonyl (C=O) groups excluding carboxylic acids is 1. The van der Waals surface area contributed by atoms with Gasteiger partial charge in [-0.15, -0.1) is 0 Å². The molecule has 0 unspecified atom stereocenters. The van der Waals surface area contributed by atoms with Crippen LogP contribution < -0.4 is 5.32 Å². The molecule has 1 saturated heterocycles. The highest BCUT2D eigenvalue weighted by Gasteiger charge is 2.36. The Hall–Kier alpha value is -1.66. The van der Waals surface area contributed by atoms with Crippen LogP contribution in [0.4, 0.5) is 4.39 Å². The molecule has 1 fully saturated rings. The van der Waals surface area contributed by atoms with Gasteiger partial charge in [0.2, 0.25) is 5.91 Å². The van der Waals surface area contributed by atoms with Crippen molar-refractivity contribution in [1.82, 2.24) is 5.32 Å². The van der Waals surface area contributed by atoms with Gasteiger partial charge >= 0.3 is 5.97 Å². The fourth-order valence-electron chi connectivity index (χ4n) is 2.26. The van der Waals surface area contributed by atoms with Crippen molar-refractivity contribution in [3.8, 4) is 0 Å². The largest absolute Gasteiger partial charge is 0.480 e. The molecule has 0 bridgehead atoms. The van der Waals surface area contributed by atoms with Crippen LogP contribution in [-0.4, -0.2) is 29.6 Å². The van der Waals surface area contributed by atoms with E-state index in [1.165, 1.54) is 19.1 Å². The smallest absolute Gasteiger partial charge is 0.325 e. The minimum absolute atomic E-state index is 0.00255. The van der Waals surface area contributed by atoms with Gasteiger partial charge in [-0.1, -0.05) is 17.7 Å². The molecule has 114 valence electrons. The number of carbonyl (C=O) groups is 2. The van der Waals surface area contributed by atoms with E-state index in [9.17, 15) is 14.0 Å². The molecule has 3 atom stereocenters. The number of hydrogen-bond acceptors (Lipinski definition) is 3. The molecule has 0 saturated carbocycles. The molecule has 1 amide bonds. The van der Waals surface area contributed by atoms with Crippen molar-refractivity contribution in [3.05, 3.63) is 34.6 Å². The monoisotopic (exact) mass is 315 g/mol. The predicted molar refractivity (Wildman–Crippen MR) is 73.5 cm³/mol. The van der Waals surface area contributed by atoms with Gasteiger partial charge in [-0.25, -0.2) is 4.39 Å². The third kappa shape index (κ3) is 3.51. The number of hydrogen-bond donors (Lipinski definition) is 2. The molecule has 21 heavy (non-hydrogen) atoms. The number of nitrogens with one attached hydrogen (secondary N) is 1. The first kappa shape index (κ1) is 15.7. The van der Waals surface area contributed by atoms with Crippen molar-refractivity contribution in [3.63, 3.8) is 0 Å². The molecule has 2 N–H and O–H groups in total. The summed E-state index contributed by atoms with van der Waals surface area (Å²) in [7, 11) is 0. The fourth-order valence-corrected chi connectivity index (χ4v) is 2.38. The molecule has 2 rings (SSSR count). The van der Waals surface area contributed by atoms with E-state index >= 15 is 0 Å². The second kappa shape index (κ2) is 6.41. The summed E-state index contributed by atoms with van der Waals surface area (Å²) in [5.41, 5.74) is 0.512. The molecule has 0 aromatic heterocycles. The van der Waals surface area contributed by atoms with Crippen LogP contribution in [0.1, 0.15) is 25.0 Å². The van der Waals surface area contributed by atoms with Gasteiger partial charge in [-0.2, -0.15) is 0 Å². The molecule has 7 heteroatoms. The standard InChI is InChI=1S/C14H15ClFNO4/c1-7(14(19)20)17-13(18)9-4-5-21-12(9)8-2-3-10(15)11(16)6-8/h2-3,6-7,9,12H,4-5H2,1H3,(H,17,18)(H,19,20)/t7-,9-,12+/m1/s1. The highest BCUT2D eigenvalue weighted by Crippen LogP contribution is 2.35. The Bertz CT molecular complexity index is 566. The zero-order chi connectivity index (χ0) is 15.6. The van der Waals surface area contributed by atoms with Crippen LogP contribution in [-0.2, 0) is 14.3 Å². The minimum Gasteiger partial charge on any atom is -0.480 e. The first-order chi connectivity index (χ1) is 9.90. The Morgan fingerprint density at radius 2 is 2.24 bits per heavy atom. The fraction of sp³-hybridized carbons (Fsp3) is 0.429. The first-order valence-electron chi connectivity index (χ1n) is 6.50. The van der Waals surface area contributed by atoms with Gasteiger partial charge in [0.05, 0.1) is 17.0 Å². The number of halogens is 2. The Balaban J connectivity index is 2.14. The van der Waals surface area contributed by atoms with Crippen molar-refractivity contribution >= 4 is 23.5 Å². The van der Waals surface area contributed by atoms with Crippen LogP contribution in [0, 0.1) is 11.7 Å². The lowest BCUT2D eigenvalue weighted by Crippen LogP contribution is -2.42. The van der Waals surface area contributed by atoms with Crippen LogP contribution in [0.25, 0.3) is 0 Å². The number of carboxylic acid groups (broad SMARTS) is 1. The molecule has 1 aliphatic heterocycles.